The highest BCUT2D eigenvalue weighted by Gasteiger charge is 2.23. The fourth-order valence-electron chi connectivity index (χ4n) is 2.72. The van der Waals surface area contributed by atoms with E-state index in [2.05, 4.69) is 70.4 Å². The number of nitrogens with zero attached hydrogens (tertiary/aromatic N) is 2. The normalized spacial score (nSPS) is 12.0. The van der Waals surface area contributed by atoms with Crippen molar-refractivity contribution < 1.29 is 4.57 Å². The van der Waals surface area contributed by atoms with Crippen LogP contribution in [0.15, 0.2) is 79.1 Å². The van der Waals surface area contributed by atoms with E-state index in [0.717, 1.165) is 5.02 Å². The molecule has 0 N–H and O–H groups in total. The van der Waals surface area contributed by atoms with Crippen molar-refractivity contribution in [2.24, 2.45) is 0 Å². The minimum Gasteiger partial charge on any atom is -0.377 e. The lowest BCUT2D eigenvalue weighted by Gasteiger charge is -2.15. The van der Waals surface area contributed by atoms with Gasteiger partial charge in [0.15, 0.2) is 12.4 Å². The molecule has 1 aromatic heterocycles. The molecule has 3 aromatic rings. The highest BCUT2D eigenvalue weighted by molar-refractivity contribution is 6.30. The molecule has 0 fully saturated rings. The molecular weight excluding hydrogens is 304 g/mol. The van der Waals surface area contributed by atoms with Crippen LogP contribution < -0.4 is 9.47 Å². The van der Waals surface area contributed by atoms with Gasteiger partial charge in [0, 0.05) is 48.1 Å². The van der Waals surface area contributed by atoms with Crippen molar-refractivity contribution in [1.82, 2.24) is 0 Å². The predicted octanol–water partition coefficient (Wildman–Crippen LogP) is 4.33. The molecule has 0 saturated carbocycles. The van der Waals surface area contributed by atoms with Gasteiger partial charge in [-0.05, 0) is 12.1 Å². The Bertz CT molecular complexity index is 750. The van der Waals surface area contributed by atoms with Gasteiger partial charge in [-0.1, -0.05) is 54.1 Å². The second kappa shape index (κ2) is 6.84. The van der Waals surface area contributed by atoms with E-state index in [9.17, 15) is 0 Å². The number of rotatable bonds is 4. The van der Waals surface area contributed by atoms with Crippen LogP contribution in [0.25, 0.3) is 0 Å². The number of hydrogen-bond acceptors (Lipinski definition) is 1. The molecule has 0 bridgehead atoms. The summed E-state index contributed by atoms with van der Waals surface area (Å²) >= 11 is 6.05. The lowest BCUT2D eigenvalue weighted by atomic mass is 9.98. The Morgan fingerprint density at radius 2 is 1.35 bits per heavy atom. The number of anilines is 1. The summed E-state index contributed by atoms with van der Waals surface area (Å²) in [6.07, 6.45) is 4.25. The van der Waals surface area contributed by atoms with E-state index in [1.807, 2.05) is 32.3 Å². The summed E-state index contributed by atoms with van der Waals surface area (Å²) in [6.45, 7) is 0. The van der Waals surface area contributed by atoms with Crippen molar-refractivity contribution >= 4 is 17.3 Å². The van der Waals surface area contributed by atoms with Gasteiger partial charge in [-0.25, -0.2) is 0 Å². The minimum atomic E-state index is 0.129. The van der Waals surface area contributed by atoms with Crippen molar-refractivity contribution in [1.29, 1.82) is 0 Å². The van der Waals surface area contributed by atoms with Crippen LogP contribution in [0.2, 0.25) is 5.02 Å². The van der Waals surface area contributed by atoms with Crippen LogP contribution in [0, 0.1) is 0 Å². The van der Waals surface area contributed by atoms with Gasteiger partial charge in [0.25, 0.3) is 0 Å². The van der Waals surface area contributed by atoms with Crippen LogP contribution in [0.3, 0.4) is 0 Å². The van der Waals surface area contributed by atoms with Gasteiger partial charge < -0.3 is 4.90 Å². The average Bonchev–Trinajstić information content (AvgIpc) is 2.58. The predicted molar refractivity (Wildman–Crippen MR) is 96.1 cm³/mol. The van der Waals surface area contributed by atoms with E-state index in [4.69, 9.17) is 11.6 Å². The molecule has 0 spiro atoms. The number of benzene rings is 2. The maximum atomic E-state index is 6.05. The number of pyridine rings is 1. The van der Waals surface area contributed by atoms with Gasteiger partial charge in [-0.3, -0.25) is 0 Å². The molecule has 0 unspecified atom stereocenters. The summed E-state index contributed by atoms with van der Waals surface area (Å²) < 4.78 is 2.23. The largest absolute Gasteiger partial charge is 0.377 e. The SMILES string of the molecule is CN(C)c1cc[n+]([C@H](c2ccccc2)c2ccc(Cl)cc2)cc1. The zero-order valence-corrected chi connectivity index (χ0v) is 14.1. The van der Waals surface area contributed by atoms with E-state index >= 15 is 0 Å². The van der Waals surface area contributed by atoms with Crippen LogP contribution in [-0.2, 0) is 0 Å². The van der Waals surface area contributed by atoms with Gasteiger partial charge >= 0.3 is 0 Å². The first-order chi connectivity index (χ1) is 11.1. The van der Waals surface area contributed by atoms with E-state index in [1.165, 1.54) is 16.8 Å². The zero-order valence-electron chi connectivity index (χ0n) is 13.4. The van der Waals surface area contributed by atoms with Crippen molar-refractivity contribution in [2.75, 3.05) is 19.0 Å². The molecule has 0 aliphatic carbocycles. The fraction of sp³-hybridized carbons (Fsp3) is 0.150. The summed E-state index contributed by atoms with van der Waals surface area (Å²) in [4.78, 5) is 2.10. The second-order valence-corrected chi connectivity index (χ2v) is 6.20. The standard InChI is InChI=1S/C20H20ClN2/c1-22(2)19-12-14-23(15-13-19)20(16-6-4-3-5-7-16)17-8-10-18(21)11-9-17/h3-15,20H,1-2H3/q+1/t20-/m1/s1. The topological polar surface area (TPSA) is 7.12 Å². The number of hydrogen-bond donors (Lipinski definition) is 0. The van der Waals surface area contributed by atoms with Crippen molar-refractivity contribution in [3.05, 3.63) is 95.3 Å². The summed E-state index contributed by atoms with van der Waals surface area (Å²) in [5.74, 6) is 0. The quantitative estimate of drug-likeness (QED) is 0.648. The van der Waals surface area contributed by atoms with Gasteiger partial charge in [0.2, 0.25) is 6.04 Å². The highest BCUT2D eigenvalue weighted by Crippen LogP contribution is 2.23. The Labute approximate surface area is 142 Å². The molecule has 23 heavy (non-hydrogen) atoms. The Balaban J connectivity index is 2.06. The molecule has 0 saturated heterocycles. The molecule has 0 aliphatic rings. The Kier molecular flexibility index (Phi) is 4.63. The summed E-state index contributed by atoms with van der Waals surface area (Å²) in [7, 11) is 4.10. The third-order valence-electron chi connectivity index (χ3n) is 3.95. The third-order valence-corrected chi connectivity index (χ3v) is 4.20. The first-order valence-electron chi connectivity index (χ1n) is 7.64. The van der Waals surface area contributed by atoms with Gasteiger partial charge in [-0.15, -0.1) is 0 Å². The average molecular weight is 324 g/mol. The van der Waals surface area contributed by atoms with Crippen LogP contribution in [-0.4, -0.2) is 14.1 Å². The first kappa shape index (κ1) is 15.6. The van der Waals surface area contributed by atoms with E-state index in [0.29, 0.717) is 0 Å². The lowest BCUT2D eigenvalue weighted by Crippen LogP contribution is -2.40. The molecule has 3 rings (SSSR count). The van der Waals surface area contributed by atoms with E-state index < -0.39 is 0 Å². The molecule has 2 nitrogen and oxygen atoms in total. The smallest absolute Gasteiger partial charge is 0.208 e. The molecule has 0 radical (unpaired) electrons. The van der Waals surface area contributed by atoms with Gasteiger partial charge in [-0.2, -0.15) is 4.57 Å². The third kappa shape index (κ3) is 3.54. The van der Waals surface area contributed by atoms with Crippen LogP contribution >= 0.6 is 11.6 Å². The monoisotopic (exact) mass is 323 g/mol. The molecule has 2 aromatic carbocycles. The number of halogens is 1. The zero-order chi connectivity index (χ0) is 16.2. The maximum absolute atomic E-state index is 6.05. The first-order valence-corrected chi connectivity index (χ1v) is 8.01. The summed E-state index contributed by atoms with van der Waals surface area (Å²) in [5, 5.41) is 0.758. The van der Waals surface area contributed by atoms with E-state index in [-0.39, 0.29) is 6.04 Å². The van der Waals surface area contributed by atoms with Crippen LogP contribution in [0.4, 0.5) is 5.69 Å². The summed E-state index contributed by atoms with van der Waals surface area (Å²) in [5.41, 5.74) is 3.64. The molecule has 1 atom stereocenters. The molecule has 0 aliphatic heterocycles. The molecule has 3 heteroatoms. The van der Waals surface area contributed by atoms with Gasteiger partial charge in [0.05, 0.1) is 0 Å². The highest BCUT2D eigenvalue weighted by atomic mass is 35.5. The Hall–Kier alpha value is -2.32. The van der Waals surface area contributed by atoms with Gasteiger partial charge in [0.1, 0.15) is 0 Å². The molecule has 116 valence electrons. The lowest BCUT2D eigenvalue weighted by molar-refractivity contribution is -0.704. The second-order valence-electron chi connectivity index (χ2n) is 5.76. The molecule has 1 heterocycles. The molecular formula is C20H20ClN2+. The molecule has 0 amide bonds. The minimum absolute atomic E-state index is 0.129. The van der Waals surface area contributed by atoms with Crippen molar-refractivity contribution in [2.45, 2.75) is 6.04 Å². The van der Waals surface area contributed by atoms with Crippen LogP contribution in [0.5, 0.6) is 0 Å². The van der Waals surface area contributed by atoms with Crippen LogP contribution in [0.1, 0.15) is 17.2 Å². The van der Waals surface area contributed by atoms with Crippen molar-refractivity contribution in [3.8, 4) is 0 Å². The van der Waals surface area contributed by atoms with E-state index in [1.54, 1.807) is 0 Å². The number of aromatic nitrogens is 1. The fourth-order valence-corrected chi connectivity index (χ4v) is 2.84. The van der Waals surface area contributed by atoms with Crippen molar-refractivity contribution in [3.63, 3.8) is 0 Å². The summed E-state index contributed by atoms with van der Waals surface area (Å²) in [6, 6.07) is 23.0. The maximum Gasteiger partial charge on any atom is 0.208 e. The Morgan fingerprint density at radius 1 is 0.783 bits per heavy atom. The Morgan fingerprint density at radius 3 is 1.91 bits per heavy atom.